The van der Waals surface area contributed by atoms with Crippen LogP contribution in [-0.2, 0) is 16.2 Å². The number of hydrogen-bond acceptors (Lipinski definition) is 3. The summed E-state index contributed by atoms with van der Waals surface area (Å²) in [5, 5.41) is 14.8. The lowest BCUT2D eigenvalue weighted by atomic mass is 9.83. The van der Waals surface area contributed by atoms with Gasteiger partial charge in [-0.25, -0.2) is 0 Å². The summed E-state index contributed by atoms with van der Waals surface area (Å²) in [6, 6.07) is 23.8. The van der Waals surface area contributed by atoms with E-state index < -0.39 is 18.1 Å². The van der Waals surface area contributed by atoms with Crippen LogP contribution in [0.2, 0.25) is 0 Å². The topological polar surface area (TPSA) is 54.8 Å². The fraction of sp³-hybridized carbons (Fsp3) is 0.265. The Morgan fingerprint density at radius 3 is 1.85 bits per heavy atom. The first-order chi connectivity index (χ1) is 27.1. The van der Waals surface area contributed by atoms with Crippen molar-refractivity contribution in [2.24, 2.45) is 0 Å². The number of aromatic nitrogens is 2. The Morgan fingerprint density at radius 1 is 0.679 bits per heavy atom. The molecule has 0 unspecified atom stereocenters. The number of rotatable bonds is 3. The van der Waals surface area contributed by atoms with E-state index in [4.69, 9.17) is 16.3 Å². The van der Waals surface area contributed by atoms with E-state index in [2.05, 4.69) is 115 Å². The van der Waals surface area contributed by atoms with Gasteiger partial charge in [0.2, 0.25) is 0 Å². The third-order valence-corrected chi connectivity index (χ3v) is 10.6. The number of nitriles is 1. The lowest BCUT2D eigenvalue weighted by Gasteiger charge is -2.21. The smallest absolute Gasteiger partial charge is 0.160 e. The van der Waals surface area contributed by atoms with Gasteiger partial charge in [-0.15, -0.1) is 0 Å². The average molecular weight is 699 g/mol. The first-order valence-corrected chi connectivity index (χ1v) is 18.2. The lowest BCUT2D eigenvalue weighted by Crippen LogP contribution is -2.11. The van der Waals surface area contributed by atoms with Crippen molar-refractivity contribution in [1.29, 1.82) is 5.26 Å². The Hall–Kier alpha value is -5.66. The standard InChI is InChI=1S/C49H47N3O/c1-29-28-51-40(26-38(29)30-14-12-11-13-15-30)36-22-23-39(49(8,9)10)43-37-19-16-31(27-50)44(46(37)53-45(36)43)52-41-24-32(47(2,3)4)17-20-34(41)35-21-18-33(25-42(35)52)48(5,6)7/h11-26,28H,1-10H3/i11D,12D,13D,14D,15D. The number of pyridine rings is 1. The molecule has 0 saturated heterocycles. The molecule has 3 aromatic heterocycles. The molecule has 0 aliphatic carbocycles. The quantitative estimate of drug-likeness (QED) is 0.185. The van der Waals surface area contributed by atoms with E-state index in [1.54, 1.807) is 12.3 Å². The van der Waals surface area contributed by atoms with Crippen molar-refractivity contribution in [2.45, 2.75) is 85.5 Å². The van der Waals surface area contributed by atoms with Crippen LogP contribution in [-0.4, -0.2) is 9.55 Å². The lowest BCUT2D eigenvalue weighted by molar-refractivity contribution is 0.591. The monoisotopic (exact) mass is 698 g/mol. The zero-order chi connectivity index (χ0) is 42.0. The molecule has 5 aromatic carbocycles. The van der Waals surface area contributed by atoms with Gasteiger partial charge in [0, 0.05) is 33.3 Å². The van der Waals surface area contributed by atoms with Gasteiger partial charge in [-0.3, -0.25) is 4.98 Å². The Balaban J connectivity index is 1.51. The van der Waals surface area contributed by atoms with Crippen molar-refractivity contribution in [3.8, 4) is 34.1 Å². The maximum Gasteiger partial charge on any atom is 0.160 e. The molecule has 4 heteroatoms. The summed E-state index contributed by atoms with van der Waals surface area (Å²) < 4.78 is 51.8. The van der Waals surface area contributed by atoms with E-state index in [9.17, 15) is 5.26 Å². The highest BCUT2D eigenvalue weighted by Crippen LogP contribution is 2.46. The minimum Gasteiger partial charge on any atom is -0.453 e. The molecule has 0 bridgehead atoms. The number of nitrogens with zero attached hydrogens (tertiary/aromatic N) is 3. The number of fused-ring (bicyclic) bond motifs is 6. The fourth-order valence-electron chi connectivity index (χ4n) is 7.59. The van der Waals surface area contributed by atoms with Crippen molar-refractivity contribution in [3.63, 3.8) is 0 Å². The van der Waals surface area contributed by atoms with Crippen LogP contribution in [0, 0.1) is 18.3 Å². The largest absolute Gasteiger partial charge is 0.453 e. The molecule has 0 saturated carbocycles. The molecule has 0 aliphatic heterocycles. The Labute approximate surface area is 319 Å². The van der Waals surface area contributed by atoms with Crippen LogP contribution in [0.3, 0.4) is 0 Å². The molecule has 3 heterocycles. The Morgan fingerprint density at radius 2 is 1.28 bits per heavy atom. The van der Waals surface area contributed by atoms with Gasteiger partial charge in [0.05, 0.1) is 29.1 Å². The maximum absolute atomic E-state index is 10.9. The Kier molecular flexibility index (Phi) is 6.50. The van der Waals surface area contributed by atoms with Gasteiger partial charge in [0.15, 0.2) is 5.58 Å². The van der Waals surface area contributed by atoms with Crippen LogP contribution in [0.5, 0.6) is 0 Å². The second-order valence-electron chi connectivity index (χ2n) is 17.4. The molecule has 0 amide bonds. The molecule has 8 aromatic rings. The molecule has 0 radical (unpaired) electrons. The molecule has 4 nitrogen and oxygen atoms in total. The third kappa shape index (κ3) is 5.62. The molecule has 0 spiro atoms. The minimum absolute atomic E-state index is 0.121. The predicted molar refractivity (Wildman–Crippen MR) is 222 cm³/mol. The number of furan rings is 1. The normalized spacial score (nSPS) is 14.0. The second kappa shape index (κ2) is 11.9. The van der Waals surface area contributed by atoms with Crippen molar-refractivity contribution in [3.05, 3.63) is 131 Å². The zero-order valence-corrected chi connectivity index (χ0v) is 32.2. The summed E-state index contributed by atoms with van der Waals surface area (Å²) in [6.07, 6.45) is 1.68. The van der Waals surface area contributed by atoms with Crippen molar-refractivity contribution in [1.82, 2.24) is 9.55 Å². The van der Waals surface area contributed by atoms with Crippen molar-refractivity contribution >= 4 is 43.7 Å². The van der Waals surface area contributed by atoms with E-state index in [-0.39, 0.29) is 33.9 Å². The van der Waals surface area contributed by atoms with Crippen molar-refractivity contribution < 1.29 is 11.3 Å². The highest BCUT2D eigenvalue weighted by atomic mass is 16.3. The molecule has 0 fully saturated rings. The van der Waals surface area contributed by atoms with Gasteiger partial charge in [0.25, 0.3) is 0 Å². The number of aryl methyl sites for hydroxylation is 1. The molecular weight excluding hydrogens is 647 g/mol. The van der Waals surface area contributed by atoms with Crippen LogP contribution >= 0.6 is 0 Å². The summed E-state index contributed by atoms with van der Waals surface area (Å²) in [7, 11) is 0. The van der Waals surface area contributed by atoms with Crippen LogP contribution in [0.4, 0.5) is 0 Å². The number of benzene rings is 5. The third-order valence-electron chi connectivity index (χ3n) is 10.6. The molecular formula is C49H47N3O. The predicted octanol–water partition coefficient (Wildman–Crippen LogP) is 13.5. The molecule has 8 rings (SSSR count). The Bertz CT molecular complexity index is 2990. The van der Waals surface area contributed by atoms with Gasteiger partial charge in [-0.05, 0) is 92.9 Å². The average Bonchev–Trinajstić information content (AvgIpc) is 3.71. The summed E-state index contributed by atoms with van der Waals surface area (Å²) in [4.78, 5) is 4.85. The summed E-state index contributed by atoms with van der Waals surface area (Å²) in [6.45, 7) is 21.6. The fourth-order valence-corrected chi connectivity index (χ4v) is 7.59. The van der Waals surface area contributed by atoms with Gasteiger partial charge in [-0.1, -0.05) is 123 Å². The minimum atomic E-state index is -0.438. The molecule has 53 heavy (non-hydrogen) atoms. The van der Waals surface area contributed by atoms with Gasteiger partial charge in [-0.2, -0.15) is 5.26 Å². The molecule has 0 N–H and O–H groups in total. The van der Waals surface area contributed by atoms with Crippen LogP contribution in [0.1, 0.15) is 97.0 Å². The van der Waals surface area contributed by atoms with E-state index in [0.717, 1.165) is 38.1 Å². The summed E-state index contributed by atoms with van der Waals surface area (Å²) in [5.41, 5.74) is 9.64. The molecule has 264 valence electrons. The second-order valence-corrected chi connectivity index (χ2v) is 17.4. The van der Waals surface area contributed by atoms with E-state index in [0.29, 0.717) is 44.8 Å². The summed E-state index contributed by atoms with van der Waals surface area (Å²) >= 11 is 0. The van der Waals surface area contributed by atoms with Gasteiger partial charge < -0.3 is 8.98 Å². The van der Waals surface area contributed by atoms with Gasteiger partial charge >= 0.3 is 0 Å². The number of hydrogen-bond donors (Lipinski definition) is 0. The molecule has 0 atom stereocenters. The highest BCUT2D eigenvalue weighted by Gasteiger charge is 2.28. The van der Waals surface area contributed by atoms with Gasteiger partial charge in [0.1, 0.15) is 17.3 Å². The zero-order valence-electron chi connectivity index (χ0n) is 37.2. The van der Waals surface area contributed by atoms with Crippen molar-refractivity contribution in [2.75, 3.05) is 0 Å². The van der Waals surface area contributed by atoms with E-state index >= 15 is 0 Å². The first-order valence-electron chi connectivity index (χ1n) is 20.7. The molecule has 0 aliphatic rings. The van der Waals surface area contributed by atoms with E-state index in [1.165, 1.54) is 11.1 Å². The first kappa shape index (κ1) is 28.9. The summed E-state index contributed by atoms with van der Waals surface area (Å²) in [5.74, 6) is 0. The maximum atomic E-state index is 10.9. The van der Waals surface area contributed by atoms with Crippen LogP contribution in [0.15, 0.2) is 108 Å². The van der Waals surface area contributed by atoms with Crippen LogP contribution in [0.25, 0.3) is 71.8 Å². The SMILES string of the molecule is [2H]c1c([2H])c([2H])c(-c2cc(-c3ccc(C(C)(C)C)c4c3oc3c(-n5c6cc(C(C)(C)C)ccc6c6ccc(C(C)(C)C)cc65)c(C#N)ccc34)ncc2C)c([2H])c1[2H]. The van der Waals surface area contributed by atoms with Crippen LogP contribution < -0.4 is 0 Å². The highest BCUT2D eigenvalue weighted by molar-refractivity contribution is 6.16. The van der Waals surface area contributed by atoms with E-state index in [1.807, 2.05) is 25.1 Å².